The van der Waals surface area contributed by atoms with Gasteiger partial charge in [0.05, 0.1) is 0 Å². The molecule has 0 unspecified atom stereocenters. The number of hydrogen-bond donors (Lipinski definition) is 1. The molecule has 0 radical (unpaired) electrons. The van der Waals surface area contributed by atoms with Gasteiger partial charge in [-0.3, -0.25) is 4.57 Å². The molecule has 2 heterocycles. The second-order valence-electron chi connectivity index (χ2n) is 9.46. The SMILES string of the molecule is Cn1c(-c2ccc(N3CCC(CO[Si](C)(C)C(C)(C)C)CC3)cc2)n[nH]c1=O. The van der Waals surface area contributed by atoms with E-state index in [2.05, 4.69) is 61.1 Å². The topological polar surface area (TPSA) is 63.1 Å². The zero-order valence-electron chi connectivity index (χ0n) is 18.1. The molecule has 154 valence electrons. The number of anilines is 1. The van der Waals surface area contributed by atoms with Crippen molar-refractivity contribution in [3.8, 4) is 11.4 Å². The zero-order valence-corrected chi connectivity index (χ0v) is 19.1. The Morgan fingerprint density at radius 2 is 1.79 bits per heavy atom. The minimum Gasteiger partial charge on any atom is -0.417 e. The van der Waals surface area contributed by atoms with E-state index in [0.717, 1.165) is 25.3 Å². The van der Waals surface area contributed by atoms with E-state index >= 15 is 0 Å². The third-order valence-electron chi connectivity index (χ3n) is 6.47. The second kappa shape index (κ2) is 7.87. The van der Waals surface area contributed by atoms with Crippen molar-refractivity contribution in [1.82, 2.24) is 14.8 Å². The summed E-state index contributed by atoms with van der Waals surface area (Å²) in [6.07, 6.45) is 2.34. The number of benzene rings is 1. The zero-order chi connectivity index (χ0) is 20.5. The summed E-state index contributed by atoms with van der Waals surface area (Å²) >= 11 is 0. The molecule has 0 atom stereocenters. The van der Waals surface area contributed by atoms with Crippen molar-refractivity contribution in [3.05, 3.63) is 34.7 Å². The van der Waals surface area contributed by atoms with Crippen molar-refractivity contribution in [2.75, 3.05) is 24.6 Å². The maximum Gasteiger partial charge on any atom is 0.343 e. The van der Waals surface area contributed by atoms with Gasteiger partial charge < -0.3 is 9.33 Å². The highest BCUT2D eigenvalue weighted by Gasteiger charge is 2.37. The lowest BCUT2D eigenvalue weighted by molar-refractivity contribution is 0.205. The molecule has 0 bridgehead atoms. The summed E-state index contributed by atoms with van der Waals surface area (Å²) in [5.41, 5.74) is 1.98. The van der Waals surface area contributed by atoms with Gasteiger partial charge in [0.2, 0.25) is 0 Å². The molecule has 1 aliphatic heterocycles. The second-order valence-corrected chi connectivity index (χ2v) is 14.3. The van der Waals surface area contributed by atoms with Gasteiger partial charge in [-0.1, -0.05) is 20.8 Å². The van der Waals surface area contributed by atoms with Crippen LogP contribution < -0.4 is 10.6 Å². The smallest absolute Gasteiger partial charge is 0.343 e. The number of H-pyrrole nitrogens is 1. The van der Waals surface area contributed by atoms with E-state index in [-0.39, 0.29) is 10.7 Å². The van der Waals surface area contributed by atoms with Gasteiger partial charge in [0.1, 0.15) is 0 Å². The monoisotopic (exact) mass is 402 g/mol. The fourth-order valence-electron chi connectivity index (χ4n) is 3.33. The molecule has 0 spiro atoms. The van der Waals surface area contributed by atoms with Crippen LogP contribution in [0.25, 0.3) is 11.4 Å². The molecule has 3 rings (SSSR count). The molecule has 1 aromatic carbocycles. The van der Waals surface area contributed by atoms with Gasteiger partial charge in [-0.15, -0.1) is 0 Å². The summed E-state index contributed by atoms with van der Waals surface area (Å²) < 4.78 is 7.97. The van der Waals surface area contributed by atoms with Crippen molar-refractivity contribution in [3.63, 3.8) is 0 Å². The van der Waals surface area contributed by atoms with Gasteiger partial charge in [0, 0.05) is 38.0 Å². The van der Waals surface area contributed by atoms with Crippen LogP contribution in [0.4, 0.5) is 5.69 Å². The summed E-state index contributed by atoms with van der Waals surface area (Å²) in [5, 5.41) is 6.86. The van der Waals surface area contributed by atoms with Crippen LogP contribution in [0.5, 0.6) is 0 Å². The maximum atomic E-state index is 11.6. The van der Waals surface area contributed by atoms with E-state index in [1.54, 1.807) is 7.05 Å². The highest BCUT2D eigenvalue weighted by molar-refractivity contribution is 6.74. The lowest BCUT2D eigenvalue weighted by Crippen LogP contribution is -2.43. The van der Waals surface area contributed by atoms with E-state index in [0.29, 0.717) is 11.7 Å². The van der Waals surface area contributed by atoms with Crippen molar-refractivity contribution < 1.29 is 4.43 Å². The Hall–Kier alpha value is -1.86. The van der Waals surface area contributed by atoms with Crippen LogP contribution in [0.15, 0.2) is 29.1 Å². The number of rotatable bonds is 5. The van der Waals surface area contributed by atoms with Gasteiger partial charge in [-0.25, -0.2) is 9.89 Å². The highest BCUT2D eigenvalue weighted by Crippen LogP contribution is 2.37. The molecule has 28 heavy (non-hydrogen) atoms. The third kappa shape index (κ3) is 4.41. The van der Waals surface area contributed by atoms with Crippen LogP contribution in [-0.4, -0.2) is 42.8 Å². The van der Waals surface area contributed by atoms with E-state index < -0.39 is 8.32 Å². The summed E-state index contributed by atoms with van der Waals surface area (Å²) in [7, 11) is 0.0703. The summed E-state index contributed by atoms with van der Waals surface area (Å²) in [5.74, 6) is 1.32. The van der Waals surface area contributed by atoms with Gasteiger partial charge in [0.25, 0.3) is 0 Å². The molecule has 1 saturated heterocycles. The van der Waals surface area contributed by atoms with Crippen molar-refractivity contribution in [2.45, 2.75) is 51.7 Å². The predicted octanol–water partition coefficient (Wildman–Crippen LogP) is 4.01. The fourth-order valence-corrected chi connectivity index (χ4v) is 4.41. The molecule has 0 saturated carbocycles. The lowest BCUT2D eigenvalue weighted by Gasteiger charge is -2.39. The molecule has 2 aromatic rings. The first-order chi connectivity index (χ1) is 13.1. The molecule has 0 amide bonds. The Morgan fingerprint density at radius 3 is 2.29 bits per heavy atom. The Kier molecular flexibility index (Phi) is 5.86. The van der Waals surface area contributed by atoms with Crippen LogP contribution in [0.3, 0.4) is 0 Å². The molecule has 6 nitrogen and oxygen atoms in total. The van der Waals surface area contributed by atoms with Gasteiger partial charge >= 0.3 is 5.69 Å². The number of aromatic amines is 1. The van der Waals surface area contributed by atoms with Gasteiger partial charge in [0.15, 0.2) is 14.1 Å². The van der Waals surface area contributed by atoms with E-state index in [4.69, 9.17) is 4.43 Å². The Bertz CT molecular complexity index is 841. The molecule has 7 heteroatoms. The molecular formula is C21H34N4O2Si. The van der Waals surface area contributed by atoms with E-state index in [1.807, 2.05) is 12.1 Å². The summed E-state index contributed by atoms with van der Waals surface area (Å²) in [6, 6.07) is 8.33. The first kappa shape index (κ1) is 20.9. The molecule has 1 aromatic heterocycles. The number of piperidine rings is 1. The van der Waals surface area contributed by atoms with Crippen molar-refractivity contribution in [2.24, 2.45) is 13.0 Å². The van der Waals surface area contributed by atoms with Crippen molar-refractivity contribution in [1.29, 1.82) is 0 Å². The Balaban J connectivity index is 1.55. The van der Waals surface area contributed by atoms with Crippen molar-refractivity contribution >= 4 is 14.0 Å². The average molecular weight is 403 g/mol. The minimum absolute atomic E-state index is 0.193. The number of nitrogens with one attached hydrogen (secondary N) is 1. The van der Waals surface area contributed by atoms with Crippen LogP contribution >= 0.6 is 0 Å². The van der Waals surface area contributed by atoms with E-state index in [1.165, 1.54) is 23.1 Å². The number of aromatic nitrogens is 3. The predicted molar refractivity (Wildman–Crippen MR) is 117 cm³/mol. The minimum atomic E-state index is -1.66. The fraction of sp³-hybridized carbons (Fsp3) is 0.619. The maximum absolute atomic E-state index is 11.6. The standard InChI is InChI=1S/C21H34N4O2Si/c1-21(2,3)28(5,6)27-15-16-11-13-25(14-12-16)18-9-7-17(8-10-18)19-22-23-20(26)24(19)4/h7-10,16H,11-15H2,1-6H3,(H,23,26). The summed E-state index contributed by atoms with van der Waals surface area (Å²) in [6.45, 7) is 14.6. The van der Waals surface area contributed by atoms with Crippen LogP contribution in [0, 0.1) is 5.92 Å². The Labute approximate surface area is 169 Å². The lowest BCUT2D eigenvalue weighted by atomic mass is 9.97. The molecule has 1 N–H and O–H groups in total. The summed E-state index contributed by atoms with van der Waals surface area (Å²) in [4.78, 5) is 14.0. The normalized spacial score (nSPS) is 16.6. The Morgan fingerprint density at radius 1 is 1.18 bits per heavy atom. The van der Waals surface area contributed by atoms with Gasteiger partial charge in [-0.2, -0.15) is 5.10 Å². The van der Waals surface area contributed by atoms with Crippen LogP contribution in [0.1, 0.15) is 33.6 Å². The van der Waals surface area contributed by atoms with Crippen LogP contribution in [-0.2, 0) is 11.5 Å². The molecular weight excluding hydrogens is 368 g/mol. The number of hydrogen-bond acceptors (Lipinski definition) is 4. The molecule has 1 aliphatic rings. The van der Waals surface area contributed by atoms with Crippen LogP contribution in [0.2, 0.25) is 18.1 Å². The number of nitrogens with zero attached hydrogens (tertiary/aromatic N) is 3. The third-order valence-corrected chi connectivity index (χ3v) is 11.0. The molecule has 0 aliphatic carbocycles. The van der Waals surface area contributed by atoms with Gasteiger partial charge in [-0.05, 0) is 61.2 Å². The first-order valence-electron chi connectivity index (χ1n) is 10.2. The first-order valence-corrected chi connectivity index (χ1v) is 13.1. The quantitative estimate of drug-likeness (QED) is 0.768. The van der Waals surface area contributed by atoms with E-state index in [9.17, 15) is 4.79 Å². The largest absolute Gasteiger partial charge is 0.417 e. The molecule has 1 fully saturated rings. The average Bonchev–Trinajstić information content (AvgIpc) is 2.99. The highest BCUT2D eigenvalue weighted by atomic mass is 28.4.